The van der Waals surface area contributed by atoms with Crippen molar-refractivity contribution in [1.29, 1.82) is 0 Å². The van der Waals surface area contributed by atoms with Gasteiger partial charge in [-0.05, 0) is 53.9 Å². The molecule has 1 aliphatic heterocycles. The number of anilines is 1. The SMILES string of the molecule is COc1ccc(CN2CN=C(Nc3ccc(C(F)(F)F)cc3)S2)cc1. The van der Waals surface area contributed by atoms with Crippen LogP contribution in [0.2, 0.25) is 0 Å². The van der Waals surface area contributed by atoms with Crippen LogP contribution in [-0.2, 0) is 12.7 Å². The number of rotatable bonds is 4. The van der Waals surface area contributed by atoms with Gasteiger partial charge in [-0.25, -0.2) is 9.30 Å². The van der Waals surface area contributed by atoms with Crippen molar-refractivity contribution in [2.75, 3.05) is 19.1 Å². The van der Waals surface area contributed by atoms with E-state index in [-0.39, 0.29) is 0 Å². The summed E-state index contributed by atoms with van der Waals surface area (Å²) in [7, 11) is 1.62. The van der Waals surface area contributed by atoms with E-state index in [2.05, 4.69) is 10.3 Å². The lowest BCUT2D eigenvalue weighted by Gasteiger charge is -2.13. The van der Waals surface area contributed by atoms with Crippen LogP contribution >= 0.6 is 11.9 Å². The number of alkyl halides is 3. The molecule has 0 aliphatic carbocycles. The summed E-state index contributed by atoms with van der Waals surface area (Å²) in [6.45, 7) is 1.22. The molecule has 0 aromatic heterocycles. The van der Waals surface area contributed by atoms with Crippen molar-refractivity contribution in [1.82, 2.24) is 4.31 Å². The zero-order valence-corrected chi connectivity index (χ0v) is 14.2. The molecule has 132 valence electrons. The molecule has 2 aromatic rings. The normalized spacial score (nSPS) is 15.1. The van der Waals surface area contributed by atoms with Crippen LogP contribution in [-0.4, -0.2) is 23.3 Å². The number of amidine groups is 1. The van der Waals surface area contributed by atoms with Gasteiger partial charge in [-0.15, -0.1) is 0 Å². The number of hydrogen-bond donors (Lipinski definition) is 1. The molecule has 3 rings (SSSR count). The number of methoxy groups -OCH3 is 1. The summed E-state index contributed by atoms with van der Waals surface area (Å²) in [4.78, 5) is 4.36. The fourth-order valence-electron chi connectivity index (χ4n) is 2.27. The number of benzene rings is 2. The van der Waals surface area contributed by atoms with Crippen molar-refractivity contribution in [3.63, 3.8) is 0 Å². The third kappa shape index (κ3) is 4.67. The molecule has 0 radical (unpaired) electrons. The molecule has 0 saturated carbocycles. The molecule has 0 saturated heterocycles. The number of nitrogens with zero attached hydrogens (tertiary/aromatic N) is 2. The zero-order chi connectivity index (χ0) is 17.9. The maximum Gasteiger partial charge on any atom is 0.416 e. The van der Waals surface area contributed by atoms with Crippen molar-refractivity contribution < 1.29 is 17.9 Å². The van der Waals surface area contributed by atoms with Crippen molar-refractivity contribution in [2.45, 2.75) is 12.7 Å². The molecule has 0 bridgehead atoms. The van der Waals surface area contributed by atoms with Crippen molar-refractivity contribution in [2.24, 2.45) is 4.99 Å². The first-order chi connectivity index (χ1) is 11.9. The molecule has 0 amide bonds. The Labute approximate surface area is 147 Å². The summed E-state index contributed by atoms with van der Waals surface area (Å²) >= 11 is 1.44. The number of nitrogens with one attached hydrogen (secondary N) is 1. The molecule has 25 heavy (non-hydrogen) atoms. The van der Waals surface area contributed by atoms with E-state index < -0.39 is 11.7 Å². The van der Waals surface area contributed by atoms with Crippen LogP contribution in [0.1, 0.15) is 11.1 Å². The van der Waals surface area contributed by atoms with Gasteiger partial charge in [0.05, 0.1) is 12.7 Å². The average molecular weight is 367 g/mol. The maximum absolute atomic E-state index is 12.6. The van der Waals surface area contributed by atoms with Crippen LogP contribution in [0.15, 0.2) is 53.5 Å². The van der Waals surface area contributed by atoms with Gasteiger partial charge in [-0.2, -0.15) is 13.2 Å². The molecule has 0 atom stereocenters. The minimum absolute atomic E-state index is 0.514. The predicted molar refractivity (Wildman–Crippen MR) is 93.5 cm³/mol. The Morgan fingerprint density at radius 1 is 1.12 bits per heavy atom. The Morgan fingerprint density at radius 3 is 2.40 bits per heavy atom. The standard InChI is InChI=1S/C17H16F3N3OS/c1-24-15-8-2-12(3-9-15)10-23-11-21-16(25-23)22-14-6-4-13(5-7-14)17(18,19)20/h2-9H,10-11H2,1H3,(H,21,22). The van der Waals surface area contributed by atoms with Crippen LogP contribution < -0.4 is 10.1 Å². The molecule has 1 N–H and O–H groups in total. The summed E-state index contributed by atoms with van der Waals surface area (Å²) < 4.78 is 44.9. The first kappa shape index (κ1) is 17.6. The molecular weight excluding hydrogens is 351 g/mol. The fourth-order valence-corrected chi connectivity index (χ4v) is 3.12. The Morgan fingerprint density at radius 2 is 1.80 bits per heavy atom. The van der Waals surface area contributed by atoms with Gasteiger partial charge in [0, 0.05) is 12.2 Å². The lowest BCUT2D eigenvalue weighted by atomic mass is 10.2. The molecule has 2 aromatic carbocycles. The van der Waals surface area contributed by atoms with Crippen LogP contribution in [0.5, 0.6) is 5.75 Å². The van der Waals surface area contributed by atoms with Gasteiger partial charge in [-0.3, -0.25) is 0 Å². The van der Waals surface area contributed by atoms with Crippen LogP contribution in [0.4, 0.5) is 18.9 Å². The van der Waals surface area contributed by atoms with E-state index >= 15 is 0 Å². The third-order valence-corrected chi connectivity index (χ3v) is 4.48. The largest absolute Gasteiger partial charge is 0.497 e. The lowest BCUT2D eigenvalue weighted by molar-refractivity contribution is -0.137. The highest BCUT2D eigenvalue weighted by molar-refractivity contribution is 8.12. The third-order valence-electron chi connectivity index (χ3n) is 3.57. The van der Waals surface area contributed by atoms with E-state index in [1.165, 1.54) is 24.1 Å². The second-order valence-corrected chi connectivity index (χ2v) is 6.47. The predicted octanol–water partition coefficient (Wildman–Crippen LogP) is 4.60. The Bertz CT molecular complexity index is 745. The van der Waals surface area contributed by atoms with E-state index in [1.54, 1.807) is 7.11 Å². The number of ether oxygens (including phenoxy) is 1. The quantitative estimate of drug-likeness (QED) is 0.801. The summed E-state index contributed by atoms with van der Waals surface area (Å²) in [5.41, 5.74) is 1.03. The second-order valence-electron chi connectivity index (χ2n) is 5.38. The highest BCUT2D eigenvalue weighted by Gasteiger charge is 2.30. The average Bonchev–Trinajstić information content (AvgIpc) is 3.02. The first-order valence-corrected chi connectivity index (χ1v) is 8.26. The van der Waals surface area contributed by atoms with Gasteiger partial charge in [0.25, 0.3) is 0 Å². The van der Waals surface area contributed by atoms with Crippen molar-refractivity contribution >= 4 is 22.8 Å². The van der Waals surface area contributed by atoms with Crippen molar-refractivity contribution in [3.8, 4) is 5.75 Å². The van der Waals surface area contributed by atoms with Crippen LogP contribution in [0.25, 0.3) is 0 Å². The van der Waals surface area contributed by atoms with Crippen molar-refractivity contribution in [3.05, 3.63) is 59.7 Å². The second kappa shape index (κ2) is 7.37. The van der Waals surface area contributed by atoms with E-state index in [0.717, 1.165) is 23.4 Å². The number of aliphatic imine (C=N–C) groups is 1. The first-order valence-electron chi connectivity index (χ1n) is 7.48. The molecule has 0 fully saturated rings. The number of hydrogen-bond acceptors (Lipinski definition) is 5. The monoisotopic (exact) mass is 367 g/mol. The van der Waals surface area contributed by atoms with Gasteiger partial charge in [0.1, 0.15) is 12.4 Å². The minimum Gasteiger partial charge on any atom is -0.497 e. The van der Waals surface area contributed by atoms with E-state index in [1.807, 2.05) is 28.6 Å². The summed E-state index contributed by atoms with van der Waals surface area (Å²) in [5, 5.41) is 3.70. The van der Waals surface area contributed by atoms with Crippen LogP contribution in [0, 0.1) is 0 Å². The summed E-state index contributed by atoms with van der Waals surface area (Å²) in [5.74, 6) is 0.804. The fraction of sp³-hybridized carbons (Fsp3) is 0.235. The Kier molecular flexibility index (Phi) is 5.19. The van der Waals surface area contributed by atoms with Crippen LogP contribution in [0.3, 0.4) is 0 Å². The summed E-state index contributed by atoms with van der Waals surface area (Å²) in [6.07, 6.45) is -4.33. The number of halogens is 3. The van der Waals surface area contributed by atoms with E-state index in [0.29, 0.717) is 24.1 Å². The topological polar surface area (TPSA) is 36.9 Å². The van der Waals surface area contributed by atoms with Gasteiger partial charge >= 0.3 is 6.18 Å². The molecule has 4 nitrogen and oxygen atoms in total. The summed E-state index contributed by atoms with van der Waals surface area (Å²) in [6, 6.07) is 12.7. The highest BCUT2D eigenvalue weighted by Crippen LogP contribution is 2.30. The molecule has 8 heteroatoms. The molecule has 0 spiro atoms. The molecule has 0 unspecified atom stereocenters. The zero-order valence-electron chi connectivity index (χ0n) is 13.4. The van der Waals surface area contributed by atoms with Gasteiger partial charge in [-0.1, -0.05) is 12.1 Å². The highest BCUT2D eigenvalue weighted by atomic mass is 32.2. The lowest BCUT2D eigenvalue weighted by Crippen LogP contribution is -2.13. The van der Waals surface area contributed by atoms with E-state index in [4.69, 9.17) is 4.74 Å². The Hall–Kier alpha value is -2.19. The maximum atomic E-state index is 12.6. The van der Waals surface area contributed by atoms with Gasteiger partial charge in [0.15, 0.2) is 5.17 Å². The molecule has 1 aliphatic rings. The molecule has 1 heterocycles. The van der Waals surface area contributed by atoms with Gasteiger partial charge < -0.3 is 10.1 Å². The Balaban J connectivity index is 1.53. The minimum atomic E-state index is -4.33. The van der Waals surface area contributed by atoms with Gasteiger partial charge in [0.2, 0.25) is 0 Å². The smallest absolute Gasteiger partial charge is 0.416 e. The van der Waals surface area contributed by atoms with E-state index in [9.17, 15) is 13.2 Å². The molecular formula is C17H16F3N3OS.